The Hall–Kier alpha value is -1.25. The van der Waals surface area contributed by atoms with Crippen LogP contribution < -0.4 is 10.6 Å². The van der Waals surface area contributed by atoms with Crippen LogP contribution in [0.15, 0.2) is 18.2 Å². The molecule has 0 amide bonds. The third kappa shape index (κ3) is 2.85. The Bertz CT molecular complexity index is 305. The van der Waals surface area contributed by atoms with Crippen LogP contribution in [0.5, 0.6) is 0 Å². The van der Waals surface area contributed by atoms with Crippen LogP contribution in [0.2, 0.25) is 0 Å². The normalized spacial score (nSPS) is 16.6. The zero-order chi connectivity index (χ0) is 10.5. The number of nitrogens with zero attached hydrogens (tertiary/aromatic N) is 1. The second kappa shape index (κ2) is 5.01. The first-order valence-electron chi connectivity index (χ1n) is 5.77. The SMILES string of the molecule is CNc1cccc(NCC2CCCC2)n1. The molecule has 0 atom stereocenters. The van der Waals surface area contributed by atoms with Crippen molar-refractivity contribution in [2.75, 3.05) is 24.2 Å². The van der Waals surface area contributed by atoms with Crippen LogP contribution in [0, 0.1) is 5.92 Å². The Morgan fingerprint density at radius 1 is 1.27 bits per heavy atom. The van der Waals surface area contributed by atoms with E-state index in [-0.39, 0.29) is 0 Å². The molecule has 0 saturated heterocycles. The number of hydrogen-bond donors (Lipinski definition) is 2. The van der Waals surface area contributed by atoms with Crippen molar-refractivity contribution in [3.63, 3.8) is 0 Å². The zero-order valence-electron chi connectivity index (χ0n) is 9.29. The summed E-state index contributed by atoms with van der Waals surface area (Å²) < 4.78 is 0. The number of nitrogens with one attached hydrogen (secondary N) is 2. The number of aromatic nitrogens is 1. The van der Waals surface area contributed by atoms with Crippen LogP contribution in [-0.2, 0) is 0 Å². The van der Waals surface area contributed by atoms with E-state index < -0.39 is 0 Å². The average Bonchev–Trinajstić information content (AvgIpc) is 2.79. The van der Waals surface area contributed by atoms with Crippen molar-refractivity contribution < 1.29 is 0 Å². The summed E-state index contributed by atoms with van der Waals surface area (Å²) in [4.78, 5) is 4.43. The summed E-state index contributed by atoms with van der Waals surface area (Å²) in [5.41, 5.74) is 0. The van der Waals surface area contributed by atoms with Gasteiger partial charge in [-0.05, 0) is 30.9 Å². The molecule has 1 aliphatic carbocycles. The molecule has 3 heteroatoms. The third-order valence-corrected chi connectivity index (χ3v) is 3.05. The van der Waals surface area contributed by atoms with E-state index >= 15 is 0 Å². The zero-order valence-corrected chi connectivity index (χ0v) is 9.29. The highest BCUT2D eigenvalue weighted by atomic mass is 15.0. The molecule has 0 aliphatic heterocycles. The van der Waals surface area contributed by atoms with E-state index in [1.807, 2.05) is 25.2 Å². The van der Waals surface area contributed by atoms with Crippen molar-refractivity contribution in [2.45, 2.75) is 25.7 Å². The molecule has 0 aromatic carbocycles. The van der Waals surface area contributed by atoms with Crippen LogP contribution >= 0.6 is 0 Å². The number of hydrogen-bond acceptors (Lipinski definition) is 3. The highest BCUT2D eigenvalue weighted by molar-refractivity contribution is 5.44. The van der Waals surface area contributed by atoms with Gasteiger partial charge in [-0.1, -0.05) is 18.9 Å². The minimum Gasteiger partial charge on any atom is -0.373 e. The van der Waals surface area contributed by atoms with Gasteiger partial charge >= 0.3 is 0 Å². The standard InChI is InChI=1S/C12H19N3/c1-13-11-7-4-8-12(15-11)14-9-10-5-2-3-6-10/h4,7-8,10H,2-3,5-6,9H2,1H3,(H2,13,14,15). The molecule has 82 valence electrons. The van der Waals surface area contributed by atoms with Crippen LogP contribution in [0.4, 0.5) is 11.6 Å². The first kappa shape index (κ1) is 10.3. The molecule has 0 bridgehead atoms. The van der Waals surface area contributed by atoms with Crippen molar-refractivity contribution in [3.8, 4) is 0 Å². The first-order valence-corrected chi connectivity index (χ1v) is 5.77. The van der Waals surface area contributed by atoms with Gasteiger partial charge in [0.05, 0.1) is 0 Å². The highest BCUT2D eigenvalue weighted by Crippen LogP contribution is 2.24. The summed E-state index contributed by atoms with van der Waals surface area (Å²) in [6.45, 7) is 1.07. The third-order valence-electron chi connectivity index (χ3n) is 3.05. The van der Waals surface area contributed by atoms with Gasteiger partial charge in [0, 0.05) is 13.6 Å². The van der Waals surface area contributed by atoms with Crippen molar-refractivity contribution >= 4 is 11.6 Å². The van der Waals surface area contributed by atoms with Gasteiger partial charge < -0.3 is 10.6 Å². The van der Waals surface area contributed by atoms with Crippen LogP contribution in [0.1, 0.15) is 25.7 Å². The summed E-state index contributed by atoms with van der Waals surface area (Å²) in [6.07, 6.45) is 5.55. The molecule has 1 aliphatic rings. The quantitative estimate of drug-likeness (QED) is 0.793. The van der Waals surface area contributed by atoms with E-state index in [0.29, 0.717) is 0 Å². The molecule has 1 heterocycles. The molecule has 2 rings (SSSR count). The predicted molar refractivity (Wildman–Crippen MR) is 64.2 cm³/mol. The Labute approximate surface area is 91.3 Å². The van der Waals surface area contributed by atoms with Gasteiger partial charge in [0.2, 0.25) is 0 Å². The number of pyridine rings is 1. The molecule has 1 saturated carbocycles. The Morgan fingerprint density at radius 2 is 2.00 bits per heavy atom. The Morgan fingerprint density at radius 3 is 2.73 bits per heavy atom. The fourth-order valence-corrected chi connectivity index (χ4v) is 2.14. The summed E-state index contributed by atoms with van der Waals surface area (Å²) in [6, 6.07) is 6.02. The second-order valence-electron chi connectivity index (χ2n) is 4.19. The van der Waals surface area contributed by atoms with E-state index in [0.717, 1.165) is 24.1 Å². The van der Waals surface area contributed by atoms with E-state index in [4.69, 9.17) is 0 Å². The maximum Gasteiger partial charge on any atom is 0.128 e. The summed E-state index contributed by atoms with van der Waals surface area (Å²) in [5, 5.41) is 6.45. The summed E-state index contributed by atoms with van der Waals surface area (Å²) in [7, 11) is 1.89. The smallest absolute Gasteiger partial charge is 0.128 e. The van der Waals surface area contributed by atoms with Crippen molar-refractivity contribution in [3.05, 3.63) is 18.2 Å². The topological polar surface area (TPSA) is 37.0 Å². The minimum atomic E-state index is 0.852. The lowest BCUT2D eigenvalue weighted by molar-refractivity contribution is 0.579. The molecule has 1 aromatic heterocycles. The van der Waals surface area contributed by atoms with Gasteiger partial charge in [-0.15, -0.1) is 0 Å². The molecular formula is C12H19N3. The van der Waals surface area contributed by atoms with Gasteiger partial charge in [0.1, 0.15) is 11.6 Å². The van der Waals surface area contributed by atoms with Crippen LogP contribution in [-0.4, -0.2) is 18.6 Å². The van der Waals surface area contributed by atoms with E-state index in [2.05, 4.69) is 15.6 Å². The van der Waals surface area contributed by atoms with Gasteiger partial charge in [0.15, 0.2) is 0 Å². The van der Waals surface area contributed by atoms with Crippen molar-refractivity contribution in [1.29, 1.82) is 0 Å². The molecule has 15 heavy (non-hydrogen) atoms. The maximum atomic E-state index is 4.43. The molecule has 1 fully saturated rings. The van der Waals surface area contributed by atoms with E-state index in [1.165, 1.54) is 25.7 Å². The lowest BCUT2D eigenvalue weighted by Gasteiger charge is -2.11. The Balaban J connectivity index is 1.86. The molecule has 2 N–H and O–H groups in total. The molecular weight excluding hydrogens is 186 g/mol. The van der Waals surface area contributed by atoms with Crippen LogP contribution in [0.3, 0.4) is 0 Å². The van der Waals surface area contributed by atoms with Crippen LogP contribution in [0.25, 0.3) is 0 Å². The molecule has 0 radical (unpaired) electrons. The average molecular weight is 205 g/mol. The summed E-state index contributed by atoms with van der Waals surface area (Å²) >= 11 is 0. The van der Waals surface area contributed by atoms with Gasteiger partial charge in [-0.3, -0.25) is 0 Å². The maximum absolute atomic E-state index is 4.43. The largest absolute Gasteiger partial charge is 0.373 e. The number of rotatable bonds is 4. The van der Waals surface area contributed by atoms with Crippen molar-refractivity contribution in [1.82, 2.24) is 4.98 Å². The second-order valence-corrected chi connectivity index (χ2v) is 4.19. The fourth-order valence-electron chi connectivity index (χ4n) is 2.14. The van der Waals surface area contributed by atoms with Crippen molar-refractivity contribution in [2.24, 2.45) is 5.92 Å². The van der Waals surface area contributed by atoms with Gasteiger partial charge in [-0.25, -0.2) is 4.98 Å². The lowest BCUT2D eigenvalue weighted by Crippen LogP contribution is -2.12. The summed E-state index contributed by atoms with van der Waals surface area (Å²) in [5.74, 6) is 2.75. The number of anilines is 2. The minimum absolute atomic E-state index is 0.852. The molecule has 0 spiro atoms. The highest BCUT2D eigenvalue weighted by Gasteiger charge is 2.14. The van der Waals surface area contributed by atoms with E-state index in [9.17, 15) is 0 Å². The lowest BCUT2D eigenvalue weighted by atomic mass is 10.1. The van der Waals surface area contributed by atoms with Gasteiger partial charge in [0.25, 0.3) is 0 Å². The fraction of sp³-hybridized carbons (Fsp3) is 0.583. The first-order chi connectivity index (χ1) is 7.38. The Kier molecular flexibility index (Phi) is 3.43. The molecule has 0 unspecified atom stereocenters. The predicted octanol–water partition coefficient (Wildman–Crippen LogP) is 2.73. The molecule has 3 nitrogen and oxygen atoms in total. The van der Waals surface area contributed by atoms with E-state index in [1.54, 1.807) is 0 Å². The van der Waals surface area contributed by atoms with Gasteiger partial charge in [-0.2, -0.15) is 0 Å². The monoisotopic (exact) mass is 205 g/mol. The molecule has 1 aromatic rings.